The molecule has 1 spiro atoms. The highest BCUT2D eigenvalue weighted by Gasteiger charge is 2.62. The number of halogens is 1. The molecule has 0 saturated carbocycles. The van der Waals surface area contributed by atoms with Gasteiger partial charge in [0.25, 0.3) is 0 Å². The van der Waals surface area contributed by atoms with E-state index in [1.165, 1.54) is 0 Å². The monoisotopic (exact) mass is 369 g/mol. The molecule has 0 radical (unpaired) electrons. The zero-order chi connectivity index (χ0) is 18.3. The molecule has 5 heteroatoms. The number of ether oxygens (including phenoxy) is 1. The molecule has 2 heterocycles. The van der Waals surface area contributed by atoms with E-state index in [0.717, 1.165) is 11.1 Å². The van der Waals surface area contributed by atoms with E-state index in [-0.39, 0.29) is 29.6 Å². The minimum atomic E-state index is -0.873. The van der Waals surface area contributed by atoms with Gasteiger partial charge in [0.2, 0.25) is 0 Å². The highest BCUT2D eigenvalue weighted by molar-refractivity contribution is 6.30. The minimum absolute atomic E-state index is 0.0582. The maximum absolute atomic E-state index is 12.8. The fraction of sp³-hybridized carbons (Fsp3) is 0.333. The smallest absolute Gasteiger partial charge is 0.327 e. The molecule has 2 aromatic rings. The molecule has 2 saturated heterocycles. The van der Waals surface area contributed by atoms with Crippen LogP contribution in [0.15, 0.2) is 54.6 Å². The van der Waals surface area contributed by atoms with Gasteiger partial charge in [-0.2, -0.15) is 0 Å². The second-order valence-corrected chi connectivity index (χ2v) is 7.49. The van der Waals surface area contributed by atoms with Gasteiger partial charge in [-0.05, 0) is 30.2 Å². The fourth-order valence-corrected chi connectivity index (χ4v) is 4.61. The lowest BCUT2D eigenvalue weighted by molar-refractivity contribution is -0.143. The van der Waals surface area contributed by atoms with Gasteiger partial charge in [-0.15, -0.1) is 0 Å². The number of esters is 1. The Morgan fingerprint density at radius 3 is 2.38 bits per heavy atom. The summed E-state index contributed by atoms with van der Waals surface area (Å²) in [7, 11) is 0. The Hall–Kier alpha value is -2.17. The Labute approximate surface area is 157 Å². The molecule has 26 heavy (non-hydrogen) atoms. The van der Waals surface area contributed by atoms with Crippen LogP contribution in [-0.2, 0) is 14.3 Å². The molecule has 0 bridgehead atoms. The number of hydrogen-bond acceptors (Lipinski definition) is 4. The summed E-state index contributed by atoms with van der Waals surface area (Å²) in [6, 6.07) is 17.0. The van der Waals surface area contributed by atoms with E-state index in [2.05, 4.69) is 5.32 Å². The fourth-order valence-electron chi connectivity index (χ4n) is 4.49. The van der Waals surface area contributed by atoms with Crippen molar-refractivity contribution < 1.29 is 14.3 Å². The van der Waals surface area contributed by atoms with E-state index in [1.807, 2.05) is 54.6 Å². The molecule has 4 rings (SSSR count). The number of carbonyl (C=O) groups excluding carboxylic acids is 2. The summed E-state index contributed by atoms with van der Waals surface area (Å²) in [6.45, 7) is 1.97. The van der Waals surface area contributed by atoms with Crippen LogP contribution in [0, 0.1) is 5.92 Å². The van der Waals surface area contributed by atoms with Crippen molar-refractivity contribution in [2.24, 2.45) is 5.92 Å². The van der Waals surface area contributed by atoms with Crippen LogP contribution >= 0.6 is 11.6 Å². The minimum Gasteiger partial charge on any atom is -0.464 e. The molecule has 0 amide bonds. The van der Waals surface area contributed by atoms with Crippen LogP contribution in [0.2, 0.25) is 5.02 Å². The number of rotatable bonds is 3. The van der Waals surface area contributed by atoms with Crippen LogP contribution in [-0.4, -0.2) is 23.9 Å². The van der Waals surface area contributed by atoms with E-state index in [0.29, 0.717) is 18.1 Å². The van der Waals surface area contributed by atoms with Crippen LogP contribution in [0.5, 0.6) is 0 Å². The van der Waals surface area contributed by atoms with Gasteiger partial charge < -0.3 is 4.74 Å². The van der Waals surface area contributed by atoms with Gasteiger partial charge in [0.05, 0.1) is 6.61 Å². The van der Waals surface area contributed by atoms with Crippen molar-refractivity contribution in [1.82, 2.24) is 5.32 Å². The van der Waals surface area contributed by atoms with Gasteiger partial charge in [0.1, 0.15) is 11.3 Å². The molecule has 2 aliphatic rings. The quantitative estimate of drug-likeness (QED) is 0.839. The summed E-state index contributed by atoms with van der Waals surface area (Å²) >= 11 is 6.02. The Balaban J connectivity index is 1.86. The maximum Gasteiger partial charge on any atom is 0.327 e. The molecular formula is C21H20ClNO3. The van der Waals surface area contributed by atoms with Crippen molar-refractivity contribution in [3.05, 3.63) is 70.7 Å². The summed E-state index contributed by atoms with van der Waals surface area (Å²) in [5.41, 5.74) is 1.06. The number of nitrogens with one attached hydrogen (secondary N) is 1. The Morgan fingerprint density at radius 2 is 1.81 bits per heavy atom. The normalized spacial score (nSPS) is 30.5. The van der Waals surface area contributed by atoms with E-state index < -0.39 is 5.54 Å². The first kappa shape index (κ1) is 17.3. The van der Waals surface area contributed by atoms with Crippen LogP contribution in [0.3, 0.4) is 0 Å². The molecule has 2 aliphatic heterocycles. The second-order valence-electron chi connectivity index (χ2n) is 7.06. The topological polar surface area (TPSA) is 55.4 Å². The molecule has 0 unspecified atom stereocenters. The molecule has 2 aromatic carbocycles. The van der Waals surface area contributed by atoms with Crippen molar-refractivity contribution in [3.63, 3.8) is 0 Å². The first-order valence-electron chi connectivity index (χ1n) is 8.79. The van der Waals surface area contributed by atoms with E-state index in [9.17, 15) is 9.59 Å². The largest absolute Gasteiger partial charge is 0.464 e. The van der Waals surface area contributed by atoms with Crippen molar-refractivity contribution in [2.45, 2.75) is 30.8 Å². The number of cyclic esters (lactones) is 1. The predicted octanol–water partition coefficient (Wildman–Crippen LogP) is 3.66. The molecular weight excluding hydrogens is 350 g/mol. The second kappa shape index (κ2) is 6.53. The van der Waals surface area contributed by atoms with Crippen LogP contribution in [0.25, 0.3) is 0 Å². The number of hydrogen-bond donors (Lipinski definition) is 1. The number of benzene rings is 2. The summed E-state index contributed by atoms with van der Waals surface area (Å²) in [5.74, 6) is -0.835. The number of carbonyl (C=O) groups is 2. The first-order valence-corrected chi connectivity index (χ1v) is 9.16. The third-order valence-electron chi connectivity index (χ3n) is 5.61. The van der Waals surface area contributed by atoms with Gasteiger partial charge in [0.15, 0.2) is 0 Å². The van der Waals surface area contributed by atoms with Crippen LogP contribution < -0.4 is 5.32 Å². The van der Waals surface area contributed by atoms with Crippen LogP contribution in [0.1, 0.15) is 36.4 Å². The van der Waals surface area contributed by atoms with E-state index >= 15 is 0 Å². The summed E-state index contributed by atoms with van der Waals surface area (Å²) < 4.78 is 5.34. The summed E-state index contributed by atoms with van der Waals surface area (Å²) in [5, 5.41) is 4.13. The maximum atomic E-state index is 12.8. The predicted molar refractivity (Wildman–Crippen MR) is 99.0 cm³/mol. The summed E-state index contributed by atoms with van der Waals surface area (Å²) in [4.78, 5) is 25.5. The molecule has 0 aliphatic carbocycles. The Bertz CT molecular complexity index is 836. The molecule has 4 nitrogen and oxygen atoms in total. The van der Waals surface area contributed by atoms with E-state index in [1.54, 1.807) is 6.92 Å². The lowest BCUT2D eigenvalue weighted by atomic mass is 9.72. The van der Waals surface area contributed by atoms with Gasteiger partial charge in [-0.3, -0.25) is 14.9 Å². The molecule has 134 valence electrons. The van der Waals surface area contributed by atoms with Crippen LogP contribution in [0.4, 0.5) is 0 Å². The highest BCUT2D eigenvalue weighted by Crippen LogP contribution is 2.52. The molecule has 0 aromatic heterocycles. The average Bonchev–Trinajstić information content (AvgIpc) is 3.18. The SMILES string of the molecule is CC(=O)[C@@H]1[C@@H](c2ccc(Cl)cc2)N[C@@]2(CCOC2=O)[C@H]1c1ccccc1. The lowest BCUT2D eigenvalue weighted by Crippen LogP contribution is -2.48. The molecule has 1 N–H and O–H groups in total. The van der Waals surface area contributed by atoms with Crippen molar-refractivity contribution in [3.8, 4) is 0 Å². The zero-order valence-electron chi connectivity index (χ0n) is 14.4. The lowest BCUT2D eigenvalue weighted by Gasteiger charge is -2.29. The standard InChI is InChI=1S/C21H20ClNO3/c1-13(24)17-18(14-5-3-2-4-6-14)21(11-12-26-20(21)25)23-19(17)15-7-9-16(22)10-8-15/h2-10,17-19,23H,11-12H2,1H3/t17-,18-,19+,21-/m0/s1. The Morgan fingerprint density at radius 1 is 1.12 bits per heavy atom. The number of ketones is 1. The highest BCUT2D eigenvalue weighted by atomic mass is 35.5. The van der Waals surface area contributed by atoms with E-state index in [4.69, 9.17) is 16.3 Å². The third kappa shape index (κ3) is 2.65. The van der Waals surface area contributed by atoms with Gasteiger partial charge in [-0.25, -0.2) is 0 Å². The number of Topliss-reactive ketones (excluding diaryl/α,β-unsaturated/α-hetero) is 1. The summed E-state index contributed by atoms with van der Waals surface area (Å²) in [6.07, 6.45) is 0.555. The van der Waals surface area contributed by atoms with Crippen molar-refractivity contribution >= 4 is 23.4 Å². The van der Waals surface area contributed by atoms with Crippen molar-refractivity contribution in [2.75, 3.05) is 6.61 Å². The molecule has 2 fully saturated rings. The third-order valence-corrected chi connectivity index (χ3v) is 5.87. The molecule has 4 atom stereocenters. The Kier molecular flexibility index (Phi) is 4.33. The average molecular weight is 370 g/mol. The van der Waals surface area contributed by atoms with Crippen molar-refractivity contribution in [1.29, 1.82) is 0 Å². The van der Waals surface area contributed by atoms with Gasteiger partial charge >= 0.3 is 5.97 Å². The zero-order valence-corrected chi connectivity index (χ0v) is 15.2. The first-order chi connectivity index (χ1) is 12.5. The van der Waals surface area contributed by atoms with Gasteiger partial charge in [-0.1, -0.05) is 54.1 Å². The van der Waals surface area contributed by atoms with Gasteiger partial charge in [0, 0.05) is 29.3 Å².